The Hall–Kier alpha value is -0.950. The van der Waals surface area contributed by atoms with E-state index in [0.717, 1.165) is 17.5 Å². The third-order valence-electron chi connectivity index (χ3n) is 2.29. The van der Waals surface area contributed by atoms with Crippen LogP contribution in [0.5, 0.6) is 0 Å². The first-order valence-electron chi connectivity index (χ1n) is 4.58. The van der Waals surface area contributed by atoms with E-state index in [1.807, 2.05) is 24.3 Å². The second kappa shape index (κ2) is 3.90. The summed E-state index contributed by atoms with van der Waals surface area (Å²) < 4.78 is 26.4. The molecule has 0 radical (unpaired) electrons. The molecule has 1 unspecified atom stereocenters. The van der Waals surface area contributed by atoms with Crippen LogP contribution in [0.1, 0.15) is 17.4 Å². The molecule has 0 fully saturated rings. The summed E-state index contributed by atoms with van der Waals surface area (Å²) in [6.07, 6.45) is 0.200. The maximum atomic E-state index is 10.8. The summed E-state index contributed by atoms with van der Waals surface area (Å²) in [6, 6.07) is 7.54. The molecule has 1 aliphatic heterocycles. The Balaban J connectivity index is 2.30. The van der Waals surface area contributed by atoms with Crippen LogP contribution in [0.15, 0.2) is 24.3 Å². The molecule has 0 aromatic heterocycles. The predicted molar refractivity (Wildman–Crippen MR) is 55.1 cm³/mol. The van der Waals surface area contributed by atoms with Crippen LogP contribution in [0.4, 0.5) is 0 Å². The first-order chi connectivity index (χ1) is 7.06. The number of hydrogen-bond donors (Lipinski definition) is 2. The number of nitrogens with one attached hydrogen (secondary N) is 1. The highest BCUT2D eigenvalue weighted by Gasteiger charge is 2.23. The average molecular weight is 228 g/mol. The lowest BCUT2D eigenvalue weighted by Crippen LogP contribution is -2.34. The van der Waals surface area contributed by atoms with Gasteiger partial charge in [0.2, 0.25) is 0 Å². The average Bonchev–Trinajstić information content (AvgIpc) is 2.16. The molecule has 0 aliphatic carbocycles. The smallest absolute Gasteiger partial charge is 0.287 e. The maximum absolute atomic E-state index is 10.8. The van der Waals surface area contributed by atoms with E-state index in [2.05, 4.69) is 5.32 Å². The quantitative estimate of drug-likeness (QED) is 0.749. The molecule has 0 spiro atoms. The molecular weight excluding hydrogens is 216 g/mol. The first kappa shape index (κ1) is 10.6. The Bertz CT molecular complexity index is 458. The van der Waals surface area contributed by atoms with Crippen LogP contribution < -0.4 is 10.5 Å². The van der Waals surface area contributed by atoms with Crippen molar-refractivity contribution in [2.75, 3.05) is 6.54 Å². The molecular formula is C9H12N2O3S. The minimum Gasteiger partial charge on any atom is -0.287 e. The molecule has 6 heteroatoms. The fourth-order valence-electron chi connectivity index (χ4n) is 1.69. The van der Waals surface area contributed by atoms with Gasteiger partial charge in [-0.2, -0.15) is 8.42 Å². The van der Waals surface area contributed by atoms with Crippen molar-refractivity contribution in [3.8, 4) is 0 Å². The summed E-state index contributed by atoms with van der Waals surface area (Å²) in [5, 5.41) is 7.78. The van der Waals surface area contributed by atoms with Crippen molar-refractivity contribution in [3.05, 3.63) is 35.4 Å². The monoisotopic (exact) mass is 228 g/mol. The van der Waals surface area contributed by atoms with Crippen molar-refractivity contribution in [2.24, 2.45) is 5.14 Å². The lowest BCUT2D eigenvalue weighted by molar-refractivity contribution is 0.167. The van der Waals surface area contributed by atoms with Crippen LogP contribution in [0.3, 0.4) is 0 Å². The molecule has 15 heavy (non-hydrogen) atoms. The lowest BCUT2D eigenvalue weighted by atomic mass is 10.0. The van der Waals surface area contributed by atoms with Gasteiger partial charge in [0, 0.05) is 12.1 Å². The summed E-state index contributed by atoms with van der Waals surface area (Å²) in [5.74, 6) is 0. The van der Waals surface area contributed by atoms with Gasteiger partial charge in [-0.3, -0.25) is 5.32 Å². The normalized spacial score (nSPS) is 21.0. The molecule has 3 N–H and O–H groups in total. The van der Waals surface area contributed by atoms with Crippen LogP contribution in [0.25, 0.3) is 0 Å². The van der Waals surface area contributed by atoms with Crippen molar-refractivity contribution < 1.29 is 12.6 Å². The highest BCUT2D eigenvalue weighted by atomic mass is 32.2. The number of hydrogen-bond acceptors (Lipinski definition) is 4. The van der Waals surface area contributed by atoms with Crippen LogP contribution in [-0.4, -0.2) is 15.0 Å². The zero-order valence-corrected chi connectivity index (χ0v) is 8.83. The number of fused-ring (bicyclic) bond motifs is 1. The molecule has 1 aromatic rings. The third kappa shape index (κ3) is 2.54. The molecule has 1 aliphatic rings. The van der Waals surface area contributed by atoms with Gasteiger partial charge in [-0.05, 0) is 12.0 Å². The van der Waals surface area contributed by atoms with Crippen molar-refractivity contribution in [1.29, 1.82) is 0 Å². The molecule has 2 rings (SSSR count). The summed E-state index contributed by atoms with van der Waals surface area (Å²) in [7, 11) is -3.93. The summed E-state index contributed by atoms with van der Waals surface area (Å²) in [5.41, 5.74) is 1.92. The Labute approximate surface area is 88.5 Å². The van der Waals surface area contributed by atoms with Crippen molar-refractivity contribution in [1.82, 2.24) is 5.32 Å². The van der Waals surface area contributed by atoms with Crippen LogP contribution >= 0.6 is 0 Å². The van der Waals surface area contributed by atoms with E-state index in [4.69, 9.17) is 9.32 Å². The summed E-state index contributed by atoms with van der Waals surface area (Å²) in [4.78, 5) is 0. The molecule has 1 heterocycles. The molecule has 1 aromatic carbocycles. The Morgan fingerprint density at radius 2 is 2.13 bits per heavy atom. The zero-order valence-electron chi connectivity index (χ0n) is 8.01. The van der Waals surface area contributed by atoms with Crippen LogP contribution in [-0.2, 0) is 20.9 Å². The predicted octanol–water partition coefficient (Wildman–Crippen LogP) is 0.0510. The van der Waals surface area contributed by atoms with E-state index in [-0.39, 0.29) is 0 Å². The van der Waals surface area contributed by atoms with Gasteiger partial charge in [-0.15, -0.1) is 0 Å². The third-order valence-corrected chi connectivity index (χ3v) is 2.75. The lowest BCUT2D eigenvalue weighted by Gasteiger charge is -2.25. The van der Waals surface area contributed by atoms with Crippen molar-refractivity contribution in [2.45, 2.75) is 12.6 Å². The topological polar surface area (TPSA) is 81.4 Å². The molecule has 0 bridgehead atoms. The number of nitrogens with two attached hydrogens (primary N) is 1. The Morgan fingerprint density at radius 3 is 2.87 bits per heavy atom. The van der Waals surface area contributed by atoms with Gasteiger partial charge in [0.25, 0.3) is 0 Å². The molecule has 5 nitrogen and oxygen atoms in total. The molecule has 0 amide bonds. The fourth-order valence-corrected chi connectivity index (χ4v) is 2.13. The largest absolute Gasteiger partial charge is 0.335 e. The van der Waals surface area contributed by atoms with Gasteiger partial charge in [-0.1, -0.05) is 24.3 Å². The van der Waals surface area contributed by atoms with Crippen molar-refractivity contribution in [3.63, 3.8) is 0 Å². The molecule has 0 saturated carbocycles. The van der Waals surface area contributed by atoms with Gasteiger partial charge in [0.1, 0.15) is 0 Å². The summed E-state index contributed by atoms with van der Waals surface area (Å²) >= 11 is 0. The van der Waals surface area contributed by atoms with Gasteiger partial charge >= 0.3 is 10.3 Å². The van der Waals surface area contributed by atoms with Gasteiger partial charge in [0.15, 0.2) is 6.23 Å². The minimum atomic E-state index is -3.93. The highest BCUT2D eigenvalue weighted by Crippen LogP contribution is 2.24. The van der Waals surface area contributed by atoms with Crippen molar-refractivity contribution >= 4 is 10.3 Å². The second-order valence-corrected chi connectivity index (χ2v) is 4.55. The number of rotatable bonds is 2. The number of benzene rings is 1. The highest BCUT2D eigenvalue weighted by molar-refractivity contribution is 7.84. The van der Waals surface area contributed by atoms with E-state index in [0.29, 0.717) is 6.54 Å². The van der Waals surface area contributed by atoms with Gasteiger partial charge in [-0.25, -0.2) is 9.32 Å². The van der Waals surface area contributed by atoms with E-state index in [9.17, 15) is 8.42 Å². The Kier molecular flexibility index (Phi) is 2.74. The fraction of sp³-hybridized carbons (Fsp3) is 0.333. The van der Waals surface area contributed by atoms with E-state index in [1.54, 1.807) is 0 Å². The van der Waals surface area contributed by atoms with E-state index in [1.165, 1.54) is 0 Å². The molecule has 0 saturated heterocycles. The van der Waals surface area contributed by atoms with Gasteiger partial charge in [0.05, 0.1) is 0 Å². The van der Waals surface area contributed by atoms with Crippen LogP contribution in [0, 0.1) is 0 Å². The molecule has 1 atom stereocenters. The summed E-state index contributed by atoms with van der Waals surface area (Å²) in [6.45, 7) is 0.678. The first-order valence-corrected chi connectivity index (χ1v) is 6.05. The van der Waals surface area contributed by atoms with E-state index < -0.39 is 16.5 Å². The SMILES string of the molecule is NS(=O)(=O)OC1NCCc2ccccc21. The zero-order chi connectivity index (χ0) is 10.9. The Morgan fingerprint density at radius 1 is 1.40 bits per heavy atom. The van der Waals surface area contributed by atoms with Crippen LogP contribution in [0.2, 0.25) is 0 Å². The van der Waals surface area contributed by atoms with Gasteiger partial charge < -0.3 is 0 Å². The standard InChI is InChI=1S/C9H12N2O3S/c10-15(12,13)14-9-8-4-2-1-3-7(8)5-6-11-9/h1-4,9,11H,5-6H2,(H2,10,12,13). The molecule has 82 valence electrons. The minimum absolute atomic E-state index is 0.662. The second-order valence-electron chi connectivity index (χ2n) is 3.37. The van der Waals surface area contributed by atoms with E-state index >= 15 is 0 Å². The maximum Gasteiger partial charge on any atom is 0.335 e.